The summed E-state index contributed by atoms with van der Waals surface area (Å²) in [5.74, 6) is 2.98. The predicted molar refractivity (Wildman–Crippen MR) is 91.6 cm³/mol. The van der Waals surface area contributed by atoms with Crippen LogP contribution < -0.4 is 4.90 Å². The second-order valence-corrected chi connectivity index (χ2v) is 7.45. The fraction of sp³-hybridized carbons (Fsp3) is 0.778. The molecule has 4 nitrogen and oxygen atoms in total. The first-order valence-corrected chi connectivity index (χ1v) is 8.92. The molecule has 3 heterocycles. The fourth-order valence-corrected chi connectivity index (χ4v) is 3.55. The number of hydrogen-bond donors (Lipinski definition) is 0. The summed E-state index contributed by atoms with van der Waals surface area (Å²) in [6.07, 6.45) is 4.10. The van der Waals surface area contributed by atoms with E-state index in [0.717, 1.165) is 30.8 Å². The SMILES string of the molecule is CC(C)c1cc(N2CCN3CCCCC3C2)nc(C(C)C)n1. The van der Waals surface area contributed by atoms with Gasteiger partial charge in [-0.15, -0.1) is 0 Å². The van der Waals surface area contributed by atoms with Gasteiger partial charge in [-0.3, -0.25) is 4.90 Å². The first kappa shape index (κ1) is 15.7. The summed E-state index contributed by atoms with van der Waals surface area (Å²) in [6, 6.07) is 2.94. The lowest BCUT2D eigenvalue weighted by Crippen LogP contribution is -2.55. The van der Waals surface area contributed by atoms with Crippen LogP contribution in [-0.4, -0.2) is 47.1 Å². The zero-order valence-corrected chi connectivity index (χ0v) is 14.5. The first-order chi connectivity index (χ1) is 10.5. The van der Waals surface area contributed by atoms with Gasteiger partial charge in [-0.1, -0.05) is 34.1 Å². The average Bonchev–Trinajstić information content (AvgIpc) is 2.53. The van der Waals surface area contributed by atoms with Crippen LogP contribution in [0.25, 0.3) is 0 Å². The normalized spacial score (nSPS) is 23.2. The Bertz CT molecular complexity index is 486. The minimum Gasteiger partial charge on any atom is -0.354 e. The van der Waals surface area contributed by atoms with E-state index in [1.54, 1.807) is 0 Å². The van der Waals surface area contributed by atoms with E-state index in [1.807, 2.05) is 0 Å². The molecule has 3 rings (SSSR count). The van der Waals surface area contributed by atoms with Crippen molar-refractivity contribution < 1.29 is 0 Å². The molecule has 122 valence electrons. The van der Waals surface area contributed by atoms with Crippen LogP contribution in [-0.2, 0) is 0 Å². The van der Waals surface area contributed by atoms with Crippen LogP contribution >= 0.6 is 0 Å². The van der Waals surface area contributed by atoms with Crippen molar-refractivity contribution in [2.45, 2.75) is 64.8 Å². The number of piperidine rings is 1. The molecule has 1 unspecified atom stereocenters. The lowest BCUT2D eigenvalue weighted by molar-refractivity contribution is 0.133. The van der Waals surface area contributed by atoms with Gasteiger partial charge in [0.2, 0.25) is 0 Å². The molecule has 0 saturated carbocycles. The van der Waals surface area contributed by atoms with Gasteiger partial charge >= 0.3 is 0 Å². The van der Waals surface area contributed by atoms with Gasteiger partial charge in [-0.2, -0.15) is 0 Å². The minimum atomic E-state index is 0.383. The molecule has 0 spiro atoms. The van der Waals surface area contributed by atoms with E-state index in [0.29, 0.717) is 11.8 Å². The predicted octanol–water partition coefficient (Wildman–Crippen LogP) is 3.40. The summed E-state index contributed by atoms with van der Waals surface area (Å²) in [5, 5.41) is 0. The van der Waals surface area contributed by atoms with Crippen molar-refractivity contribution >= 4 is 5.82 Å². The van der Waals surface area contributed by atoms with Crippen molar-refractivity contribution in [1.29, 1.82) is 0 Å². The smallest absolute Gasteiger partial charge is 0.133 e. The summed E-state index contributed by atoms with van der Waals surface area (Å²) in [7, 11) is 0. The molecule has 0 aromatic carbocycles. The van der Waals surface area contributed by atoms with E-state index in [1.165, 1.54) is 38.0 Å². The maximum absolute atomic E-state index is 4.87. The molecular weight excluding hydrogens is 272 g/mol. The summed E-state index contributed by atoms with van der Waals surface area (Å²) >= 11 is 0. The Morgan fingerprint density at radius 3 is 2.55 bits per heavy atom. The molecule has 0 amide bonds. The molecule has 2 saturated heterocycles. The highest BCUT2D eigenvalue weighted by Gasteiger charge is 2.29. The van der Waals surface area contributed by atoms with Crippen molar-refractivity contribution in [1.82, 2.24) is 14.9 Å². The quantitative estimate of drug-likeness (QED) is 0.856. The summed E-state index contributed by atoms with van der Waals surface area (Å²) in [5.41, 5.74) is 1.18. The van der Waals surface area contributed by atoms with Gasteiger partial charge < -0.3 is 4.90 Å². The number of rotatable bonds is 3. The van der Waals surface area contributed by atoms with Crippen molar-refractivity contribution in [3.05, 3.63) is 17.6 Å². The number of anilines is 1. The molecule has 4 heteroatoms. The van der Waals surface area contributed by atoms with Crippen LogP contribution in [0.15, 0.2) is 6.07 Å². The van der Waals surface area contributed by atoms with Crippen molar-refractivity contribution in [2.75, 3.05) is 31.1 Å². The second kappa shape index (κ2) is 6.53. The highest BCUT2D eigenvalue weighted by atomic mass is 15.3. The lowest BCUT2D eigenvalue weighted by atomic mass is 9.99. The van der Waals surface area contributed by atoms with Crippen LogP contribution in [0.2, 0.25) is 0 Å². The molecule has 2 fully saturated rings. The molecule has 1 aromatic rings. The Hall–Kier alpha value is -1.16. The fourth-order valence-electron chi connectivity index (χ4n) is 3.55. The Balaban J connectivity index is 1.84. The molecule has 2 aliphatic rings. The average molecular weight is 302 g/mol. The second-order valence-electron chi connectivity index (χ2n) is 7.45. The van der Waals surface area contributed by atoms with Gasteiger partial charge in [0.1, 0.15) is 11.6 Å². The van der Waals surface area contributed by atoms with Crippen LogP contribution in [0.3, 0.4) is 0 Å². The maximum Gasteiger partial charge on any atom is 0.133 e. The van der Waals surface area contributed by atoms with Gasteiger partial charge in [-0.05, 0) is 25.3 Å². The van der Waals surface area contributed by atoms with Gasteiger partial charge in [0.15, 0.2) is 0 Å². The van der Waals surface area contributed by atoms with Crippen molar-refractivity contribution in [3.8, 4) is 0 Å². The van der Waals surface area contributed by atoms with Crippen LogP contribution in [0.5, 0.6) is 0 Å². The standard InChI is InChI=1S/C18H30N4/c1-13(2)16-11-17(20-18(19-16)14(3)4)22-10-9-21-8-6-5-7-15(21)12-22/h11,13-15H,5-10,12H2,1-4H3. The summed E-state index contributed by atoms with van der Waals surface area (Å²) in [6.45, 7) is 13.5. The number of fused-ring (bicyclic) bond motifs is 1. The van der Waals surface area contributed by atoms with E-state index in [4.69, 9.17) is 9.97 Å². The largest absolute Gasteiger partial charge is 0.354 e. The van der Waals surface area contributed by atoms with E-state index in [-0.39, 0.29) is 0 Å². The number of nitrogens with zero attached hydrogens (tertiary/aromatic N) is 4. The third-order valence-electron chi connectivity index (χ3n) is 5.02. The van der Waals surface area contributed by atoms with Crippen LogP contribution in [0.4, 0.5) is 5.82 Å². The molecule has 0 bridgehead atoms. The molecule has 22 heavy (non-hydrogen) atoms. The molecule has 1 atom stereocenters. The van der Waals surface area contributed by atoms with Gasteiger partial charge in [-0.25, -0.2) is 9.97 Å². The number of aromatic nitrogens is 2. The minimum absolute atomic E-state index is 0.383. The summed E-state index contributed by atoms with van der Waals surface area (Å²) < 4.78 is 0. The molecule has 0 aliphatic carbocycles. The van der Waals surface area contributed by atoms with E-state index in [2.05, 4.69) is 43.6 Å². The van der Waals surface area contributed by atoms with Gasteiger partial charge in [0, 0.05) is 43.4 Å². The first-order valence-electron chi connectivity index (χ1n) is 8.92. The highest BCUT2D eigenvalue weighted by molar-refractivity contribution is 5.42. The highest BCUT2D eigenvalue weighted by Crippen LogP contribution is 2.26. The molecule has 1 aromatic heterocycles. The third kappa shape index (κ3) is 3.27. The molecule has 0 radical (unpaired) electrons. The Morgan fingerprint density at radius 1 is 1.00 bits per heavy atom. The topological polar surface area (TPSA) is 32.3 Å². The number of piperazine rings is 1. The zero-order valence-electron chi connectivity index (χ0n) is 14.5. The lowest BCUT2D eigenvalue weighted by Gasteiger charge is -2.44. The van der Waals surface area contributed by atoms with Crippen molar-refractivity contribution in [2.24, 2.45) is 0 Å². The van der Waals surface area contributed by atoms with Crippen molar-refractivity contribution in [3.63, 3.8) is 0 Å². The van der Waals surface area contributed by atoms with E-state index < -0.39 is 0 Å². The van der Waals surface area contributed by atoms with Gasteiger partial charge in [0.25, 0.3) is 0 Å². The van der Waals surface area contributed by atoms with Crippen LogP contribution in [0.1, 0.15) is 70.3 Å². The van der Waals surface area contributed by atoms with Gasteiger partial charge in [0.05, 0.1) is 0 Å². The zero-order chi connectivity index (χ0) is 15.7. The van der Waals surface area contributed by atoms with Crippen LogP contribution in [0, 0.1) is 0 Å². The Morgan fingerprint density at radius 2 is 1.82 bits per heavy atom. The Labute approximate surface area is 134 Å². The molecule has 2 aliphatic heterocycles. The third-order valence-corrected chi connectivity index (χ3v) is 5.02. The van der Waals surface area contributed by atoms with E-state index >= 15 is 0 Å². The summed E-state index contributed by atoms with van der Waals surface area (Å²) in [4.78, 5) is 14.8. The van der Waals surface area contributed by atoms with E-state index in [9.17, 15) is 0 Å². The molecule has 0 N–H and O–H groups in total. The Kier molecular flexibility index (Phi) is 4.67. The molecular formula is C18H30N4. The monoisotopic (exact) mass is 302 g/mol. The maximum atomic E-state index is 4.87. The number of hydrogen-bond acceptors (Lipinski definition) is 4.